The molecular formula is C15H18F3N3O. The number of aromatic amines is 1. The van der Waals surface area contributed by atoms with E-state index in [4.69, 9.17) is 0 Å². The van der Waals surface area contributed by atoms with Crippen molar-refractivity contribution in [1.29, 1.82) is 0 Å². The highest BCUT2D eigenvalue weighted by Crippen LogP contribution is 2.28. The molecule has 0 bridgehead atoms. The van der Waals surface area contributed by atoms with Gasteiger partial charge in [-0.3, -0.25) is 5.10 Å². The number of alkyl halides is 3. The Balaban J connectivity index is 2.14. The number of aromatic nitrogens is 2. The van der Waals surface area contributed by atoms with Crippen LogP contribution in [0.1, 0.15) is 19.0 Å². The van der Waals surface area contributed by atoms with Gasteiger partial charge in [0.25, 0.3) is 0 Å². The second-order valence-electron chi connectivity index (χ2n) is 5.06. The van der Waals surface area contributed by atoms with Crippen molar-refractivity contribution in [3.63, 3.8) is 0 Å². The third-order valence-electron chi connectivity index (χ3n) is 3.14. The molecule has 0 saturated carbocycles. The maximum atomic E-state index is 12.2. The molecule has 0 fully saturated rings. The normalized spacial score (nSPS) is 11.9. The maximum absolute atomic E-state index is 12.2. The van der Waals surface area contributed by atoms with Gasteiger partial charge >= 0.3 is 6.36 Å². The van der Waals surface area contributed by atoms with Crippen LogP contribution in [-0.4, -0.2) is 35.1 Å². The van der Waals surface area contributed by atoms with Crippen LogP contribution < -0.4 is 4.74 Å². The standard InChI is InChI=1S/C15H18F3N3O/c1-3-8-21(2)10-14-13(9-19-20-14)11-4-6-12(7-5-11)22-15(16,17)18/h4-7,9H,3,8,10H2,1-2H3,(H,19,20). The Morgan fingerprint density at radius 2 is 1.91 bits per heavy atom. The van der Waals surface area contributed by atoms with Gasteiger partial charge in [0.2, 0.25) is 0 Å². The molecule has 1 heterocycles. The zero-order valence-corrected chi connectivity index (χ0v) is 12.4. The van der Waals surface area contributed by atoms with E-state index in [1.807, 2.05) is 7.05 Å². The van der Waals surface area contributed by atoms with Crippen molar-refractivity contribution in [2.75, 3.05) is 13.6 Å². The average Bonchev–Trinajstić information content (AvgIpc) is 2.86. The van der Waals surface area contributed by atoms with Gasteiger partial charge in [0.1, 0.15) is 5.75 Å². The highest BCUT2D eigenvalue weighted by atomic mass is 19.4. The quantitative estimate of drug-likeness (QED) is 0.881. The second kappa shape index (κ2) is 6.83. The number of ether oxygens (including phenoxy) is 1. The zero-order chi connectivity index (χ0) is 16.2. The van der Waals surface area contributed by atoms with Crippen LogP contribution in [0.15, 0.2) is 30.5 Å². The summed E-state index contributed by atoms with van der Waals surface area (Å²) in [5, 5.41) is 7.03. The molecule has 120 valence electrons. The largest absolute Gasteiger partial charge is 0.573 e. The monoisotopic (exact) mass is 313 g/mol. The van der Waals surface area contributed by atoms with Crippen molar-refractivity contribution in [3.8, 4) is 16.9 Å². The smallest absolute Gasteiger partial charge is 0.406 e. The topological polar surface area (TPSA) is 41.2 Å². The van der Waals surface area contributed by atoms with Crippen LogP contribution >= 0.6 is 0 Å². The van der Waals surface area contributed by atoms with E-state index < -0.39 is 6.36 Å². The molecule has 0 aliphatic rings. The van der Waals surface area contributed by atoms with E-state index in [1.54, 1.807) is 18.3 Å². The Bertz CT molecular complexity index is 593. The summed E-state index contributed by atoms with van der Waals surface area (Å²) in [4.78, 5) is 2.14. The van der Waals surface area contributed by atoms with Gasteiger partial charge < -0.3 is 9.64 Å². The third-order valence-corrected chi connectivity index (χ3v) is 3.14. The van der Waals surface area contributed by atoms with Crippen LogP contribution in [0.2, 0.25) is 0 Å². The van der Waals surface area contributed by atoms with Gasteiger partial charge in [-0.1, -0.05) is 19.1 Å². The van der Waals surface area contributed by atoms with Gasteiger partial charge in [-0.05, 0) is 37.7 Å². The Morgan fingerprint density at radius 1 is 1.23 bits per heavy atom. The van der Waals surface area contributed by atoms with E-state index in [0.717, 1.165) is 29.8 Å². The minimum atomic E-state index is -4.68. The van der Waals surface area contributed by atoms with E-state index >= 15 is 0 Å². The van der Waals surface area contributed by atoms with Crippen LogP contribution in [-0.2, 0) is 6.54 Å². The van der Waals surface area contributed by atoms with Crippen molar-refractivity contribution in [3.05, 3.63) is 36.2 Å². The molecule has 1 aromatic heterocycles. The number of nitrogens with one attached hydrogen (secondary N) is 1. The highest BCUT2D eigenvalue weighted by Gasteiger charge is 2.31. The number of hydrogen-bond donors (Lipinski definition) is 1. The minimum absolute atomic E-state index is 0.232. The fourth-order valence-electron chi connectivity index (χ4n) is 2.24. The van der Waals surface area contributed by atoms with Crippen LogP contribution in [0.25, 0.3) is 11.1 Å². The van der Waals surface area contributed by atoms with Gasteiger partial charge in [-0.15, -0.1) is 13.2 Å². The molecule has 0 aliphatic carbocycles. The van der Waals surface area contributed by atoms with Crippen molar-refractivity contribution in [1.82, 2.24) is 15.1 Å². The van der Waals surface area contributed by atoms with Crippen LogP contribution in [0.4, 0.5) is 13.2 Å². The van der Waals surface area contributed by atoms with E-state index in [9.17, 15) is 13.2 Å². The van der Waals surface area contributed by atoms with Crippen LogP contribution in [0.3, 0.4) is 0 Å². The lowest BCUT2D eigenvalue weighted by molar-refractivity contribution is -0.274. The fourth-order valence-corrected chi connectivity index (χ4v) is 2.24. The molecule has 2 aromatic rings. The first-order chi connectivity index (χ1) is 10.4. The maximum Gasteiger partial charge on any atom is 0.573 e. The highest BCUT2D eigenvalue weighted by molar-refractivity contribution is 5.65. The molecule has 0 spiro atoms. The van der Waals surface area contributed by atoms with E-state index in [0.29, 0.717) is 6.54 Å². The predicted octanol–water partition coefficient (Wildman–Crippen LogP) is 3.82. The first-order valence-electron chi connectivity index (χ1n) is 6.96. The number of hydrogen-bond acceptors (Lipinski definition) is 3. The summed E-state index contributed by atoms with van der Waals surface area (Å²) in [6.45, 7) is 3.72. The van der Waals surface area contributed by atoms with Gasteiger partial charge in [0, 0.05) is 18.3 Å². The summed E-state index contributed by atoms with van der Waals surface area (Å²) < 4.78 is 40.3. The molecule has 4 nitrogen and oxygen atoms in total. The molecule has 0 radical (unpaired) electrons. The Morgan fingerprint density at radius 3 is 2.50 bits per heavy atom. The summed E-state index contributed by atoms with van der Waals surface area (Å²) in [5.74, 6) is -0.232. The molecule has 0 saturated heterocycles. The number of benzene rings is 1. The lowest BCUT2D eigenvalue weighted by Gasteiger charge is -2.15. The van der Waals surface area contributed by atoms with Gasteiger partial charge in [-0.25, -0.2) is 0 Å². The lowest BCUT2D eigenvalue weighted by atomic mass is 10.1. The van der Waals surface area contributed by atoms with E-state index in [-0.39, 0.29) is 5.75 Å². The minimum Gasteiger partial charge on any atom is -0.406 e. The molecular weight excluding hydrogens is 295 g/mol. The summed E-state index contributed by atoms with van der Waals surface area (Å²) in [7, 11) is 2.00. The van der Waals surface area contributed by atoms with Gasteiger partial charge in [0.05, 0.1) is 5.69 Å². The second-order valence-corrected chi connectivity index (χ2v) is 5.06. The molecule has 1 N–H and O–H groups in total. The average molecular weight is 313 g/mol. The van der Waals surface area contributed by atoms with Crippen LogP contribution in [0.5, 0.6) is 5.75 Å². The summed E-state index contributed by atoms with van der Waals surface area (Å²) in [6.07, 6.45) is -1.89. The summed E-state index contributed by atoms with van der Waals surface area (Å²) in [6, 6.07) is 5.79. The van der Waals surface area contributed by atoms with Crippen molar-refractivity contribution >= 4 is 0 Å². The summed E-state index contributed by atoms with van der Waals surface area (Å²) in [5.41, 5.74) is 2.53. The van der Waals surface area contributed by atoms with Crippen molar-refractivity contribution in [2.24, 2.45) is 0 Å². The number of H-pyrrole nitrogens is 1. The molecule has 0 amide bonds. The fraction of sp³-hybridized carbons (Fsp3) is 0.400. The first kappa shape index (κ1) is 16.4. The lowest BCUT2D eigenvalue weighted by Crippen LogP contribution is -2.19. The Labute approximate surface area is 126 Å². The molecule has 0 aliphatic heterocycles. The number of rotatable bonds is 6. The van der Waals surface area contributed by atoms with Crippen molar-refractivity contribution < 1.29 is 17.9 Å². The molecule has 0 atom stereocenters. The Hall–Kier alpha value is -2.02. The molecule has 7 heteroatoms. The number of nitrogens with zero attached hydrogens (tertiary/aromatic N) is 2. The van der Waals surface area contributed by atoms with E-state index in [2.05, 4.69) is 26.8 Å². The van der Waals surface area contributed by atoms with E-state index in [1.165, 1.54) is 12.1 Å². The van der Waals surface area contributed by atoms with Gasteiger partial charge in [0.15, 0.2) is 0 Å². The number of halogens is 3. The molecule has 22 heavy (non-hydrogen) atoms. The van der Waals surface area contributed by atoms with Crippen molar-refractivity contribution in [2.45, 2.75) is 26.3 Å². The summed E-state index contributed by atoms with van der Waals surface area (Å²) >= 11 is 0. The SMILES string of the molecule is CCCN(C)Cc1n[nH]cc1-c1ccc(OC(F)(F)F)cc1. The van der Waals surface area contributed by atoms with Crippen LogP contribution in [0, 0.1) is 0 Å². The Kier molecular flexibility index (Phi) is 5.07. The molecule has 1 aromatic carbocycles. The predicted molar refractivity (Wildman–Crippen MR) is 77.3 cm³/mol. The zero-order valence-electron chi connectivity index (χ0n) is 12.4. The molecule has 0 unspecified atom stereocenters. The molecule has 2 rings (SSSR count). The third kappa shape index (κ3) is 4.49. The first-order valence-corrected chi connectivity index (χ1v) is 6.96. The van der Waals surface area contributed by atoms with Gasteiger partial charge in [-0.2, -0.15) is 5.10 Å².